The third-order valence-corrected chi connectivity index (χ3v) is 6.58. The summed E-state index contributed by atoms with van der Waals surface area (Å²) in [5.74, 6) is 1.00. The topological polar surface area (TPSA) is 89.9 Å². The van der Waals surface area contributed by atoms with Gasteiger partial charge in [0.1, 0.15) is 18.8 Å². The lowest BCUT2D eigenvalue weighted by atomic mass is 10.0. The Kier molecular flexibility index (Phi) is 6.83. The molecule has 2 aromatic carbocycles. The number of pyridine rings is 1. The zero-order valence-electron chi connectivity index (χ0n) is 20.1. The molecule has 0 radical (unpaired) electrons. The van der Waals surface area contributed by atoms with Gasteiger partial charge in [0.2, 0.25) is 0 Å². The number of methoxy groups -OCH3 is 2. The Morgan fingerprint density at radius 2 is 1.91 bits per heavy atom. The van der Waals surface area contributed by atoms with Gasteiger partial charge in [0.15, 0.2) is 11.5 Å². The number of ether oxygens (including phenoxy) is 3. The van der Waals surface area contributed by atoms with Crippen molar-refractivity contribution in [3.8, 4) is 22.8 Å². The van der Waals surface area contributed by atoms with Crippen molar-refractivity contribution in [2.75, 3.05) is 53.6 Å². The van der Waals surface area contributed by atoms with Crippen LogP contribution in [-0.2, 0) is 4.74 Å². The molecule has 1 aliphatic rings. The second-order valence-corrected chi connectivity index (χ2v) is 8.71. The minimum atomic E-state index is -0.183. The van der Waals surface area contributed by atoms with Crippen LogP contribution in [0.15, 0.2) is 48.5 Å². The highest BCUT2D eigenvalue weighted by Gasteiger charge is 2.21. The van der Waals surface area contributed by atoms with E-state index in [0.717, 1.165) is 66.6 Å². The molecule has 4 aromatic rings. The largest absolute Gasteiger partial charge is 0.493 e. The smallest absolute Gasteiger partial charge is 0.269 e. The van der Waals surface area contributed by atoms with Gasteiger partial charge in [-0.25, -0.2) is 4.98 Å². The molecule has 35 heavy (non-hydrogen) atoms. The number of quaternary nitrogens is 1. The van der Waals surface area contributed by atoms with Crippen molar-refractivity contribution >= 4 is 27.7 Å². The second kappa shape index (κ2) is 10.3. The van der Waals surface area contributed by atoms with Gasteiger partial charge in [0.25, 0.3) is 5.91 Å². The highest BCUT2D eigenvalue weighted by atomic mass is 16.5. The van der Waals surface area contributed by atoms with Crippen LogP contribution in [0, 0.1) is 0 Å². The molecular formula is C27H31N4O4+. The van der Waals surface area contributed by atoms with E-state index in [1.807, 2.05) is 48.5 Å². The fraction of sp³-hybridized carbons (Fsp3) is 0.333. The maximum atomic E-state index is 13.2. The Labute approximate surface area is 204 Å². The van der Waals surface area contributed by atoms with E-state index in [0.29, 0.717) is 29.4 Å². The van der Waals surface area contributed by atoms with Gasteiger partial charge in [0.05, 0.1) is 45.2 Å². The molecule has 0 spiro atoms. The summed E-state index contributed by atoms with van der Waals surface area (Å²) in [5, 5.41) is 5.04. The molecule has 0 saturated carbocycles. The molecule has 1 saturated heterocycles. The predicted octanol–water partition coefficient (Wildman–Crippen LogP) is 2.44. The van der Waals surface area contributed by atoms with Crippen LogP contribution in [0.1, 0.15) is 16.9 Å². The number of para-hydroxylation sites is 2. The number of benzene rings is 2. The molecule has 1 aliphatic heterocycles. The number of nitrogens with one attached hydrogen (secondary N) is 3. The van der Waals surface area contributed by atoms with E-state index >= 15 is 0 Å². The molecule has 1 fully saturated rings. The third-order valence-electron chi connectivity index (χ3n) is 6.58. The van der Waals surface area contributed by atoms with Crippen LogP contribution in [0.25, 0.3) is 33.1 Å². The van der Waals surface area contributed by atoms with Gasteiger partial charge in [-0.1, -0.05) is 24.3 Å². The first-order valence-electron chi connectivity index (χ1n) is 12.0. The number of amides is 1. The molecule has 0 unspecified atom stereocenters. The number of fused-ring (bicyclic) bond motifs is 3. The van der Waals surface area contributed by atoms with Gasteiger partial charge >= 0.3 is 0 Å². The van der Waals surface area contributed by atoms with Crippen molar-refractivity contribution in [1.29, 1.82) is 0 Å². The summed E-state index contributed by atoms with van der Waals surface area (Å²) >= 11 is 0. The van der Waals surface area contributed by atoms with Gasteiger partial charge in [0, 0.05) is 34.8 Å². The number of carbonyl (C=O) groups excluding carboxylic acids is 1. The maximum Gasteiger partial charge on any atom is 0.269 e. The number of H-pyrrole nitrogens is 1. The lowest BCUT2D eigenvalue weighted by Crippen LogP contribution is -3.14. The van der Waals surface area contributed by atoms with Crippen LogP contribution in [0.4, 0.5) is 0 Å². The van der Waals surface area contributed by atoms with Crippen LogP contribution >= 0.6 is 0 Å². The molecule has 8 heteroatoms. The van der Waals surface area contributed by atoms with Crippen molar-refractivity contribution < 1.29 is 23.9 Å². The summed E-state index contributed by atoms with van der Waals surface area (Å²) in [6, 6.07) is 15.6. The summed E-state index contributed by atoms with van der Waals surface area (Å²) in [7, 11) is 3.22. The molecule has 1 amide bonds. The van der Waals surface area contributed by atoms with Crippen molar-refractivity contribution in [2.24, 2.45) is 0 Å². The first-order chi connectivity index (χ1) is 17.2. The number of hydrogen-bond donors (Lipinski definition) is 3. The lowest BCUT2D eigenvalue weighted by Gasteiger charge is -2.23. The average Bonchev–Trinajstić information content (AvgIpc) is 3.29. The van der Waals surface area contributed by atoms with Crippen LogP contribution in [-0.4, -0.2) is 69.5 Å². The maximum absolute atomic E-state index is 13.2. The molecule has 5 rings (SSSR count). The highest BCUT2D eigenvalue weighted by molar-refractivity contribution is 6.13. The summed E-state index contributed by atoms with van der Waals surface area (Å²) in [6.07, 6.45) is 0.910. The van der Waals surface area contributed by atoms with Crippen LogP contribution in [0.5, 0.6) is 11.5 Å². The summed E-state index contributed by atoms with van der Waals surface area (Å²) in [5.41, 5.74) is 3.62. The van der Waals surface area contributed by atoms with Gasteiger partial charge in [-0.15, -0.1) is 0 Å². The molecule has 8 nitrogen and oxygen atoms in total. The quantitative estimate of drug-likeness (QED) is 0.341. The molecule has 0 aliphatic carbocycles. The van der Waals surface area contributed by atoms with Crippen molar-refractivity contribution in [2.45, 2.75) is 6.42 Å². The third kappa shape index (κ3) is 4.67. The van der Waals surface area contributed by atoms with E-state index < -0.39 is 0 Å². The van der Waals surface area contributed by atoms with E-state index in [4.69, 9.17) is 19.2 Å². The summed E-state index contributed by atoms with van der Waals surface area (Å²) < 4.78 is 16.6. The van der Waals surface area contributed by atoms with Gasteiger partial charge in [-0.05, 0) is 24.3 Å². The highest BCUT2D eigenvalue weighted by Crippen LogP contribution is 2.41. The average molecular weight is 476 g/mol. The van der Waals surface area contributed by atoms with Gasteiger partial charge < -0.3 is 29.4 Å². The number of nitrogens with zero attached hydrogens (tertiary/aromatic N) is 1. The molecular weight excluding hydrogens is 444 g/mol. The minimum Gasteiger partial charge on any atom is -0.493 e. The minimum absolute atomic E-state index is 0.183. The normalized spacial score (nSPS) is 14.3. The molecule has 182 valence electrons. The number of aromatic amines is 1. The zero-order chi connectivity index (χ0) is 24.2. The Balaban J connectivity index is 1.49. The zero-order valence-corrected chi connectivity index (χ0v) is 20.1. The molecule has 2 aromatic heterocycles. The molecule has 3 N–H and O–H groups in total. The Hall–Kier alpha value is -3.62. The van der Waals surface area contributed by atoms with Crippen LogP contribution < -0.4 is 19.7 Å². The van der Waals surface area contributed by atoms with E-state index in [1.54, 1.807) is 14.2 Å². The SMILES string of the molecule is COc1cccc(-c2nc(C(=O)NCCC[NH+]3CCOCC3)cc3c2[nH]c2ccccc23)c1OC. The molecule has 3 heterocycles. The van der Waals surface area contributed by atoms with Crippen molar-refractivity contribution in [1.82, 2.24) is 15.3 Å². The van der Waals surface area contributed by atoms with E-state index in [-0.39, 0.29) is 5.91 Å². The number of hydrogen-bond acceptors (Lipinski definition) is 5. The van der Waals surface area contributed by atoms with Crippen LogP contribution in [0.2, 0.25) is 0 Å². The number of rotatable bonds is 8. The van der Waals surface area contributed by atoms with Crippen molar-refractivity contribution in [3.63, 3.8) is 0 Å². The van der Waals surface area contributed by atoms with Crippen molar-refractivity contribution in [3.05, 3.63) is 54.2 Å². The first kappa shape index (κ1) is 23.1. The Morgan fingerprint density at radius 3 is 2.71 bits per heavy atom. The van der Waals surface area contributed by atoms with Gasteiger partial charge in [-0.2, -0.15) is 0 Å². The summed E-state index contributed by atoms with van der Waals surface area (Å²) in [6.45, 7) is 5.30. The second-order valence-electron chi connectivity index (χ2n) is 8.71. The lowest BCUT2D eigenvalue weighted by molar-refractivity contribution is -0.908. The molecule has 0 bridgehead atoms. The Morgan fingerprint density at radius 1 is 1.09 bits per heavy atom. The standard InChI is InChI=1S/C27H30N4O4/c1-33-23-10-5-8-19(26(23)34-2)24-25-20(18-7-3-4-9-21(18)29-25)17-22(30-24)27(32)28-11-6-12-31-13-15-35-16-14-31/h3-5,7-10,17,29H,6,11-16H2,1-2H3,(H,28,32)/p+1. The number of carbonyl (C=O) groups is 1. The van der Waals surface area contributed by atoms with E-state index in [9.17, 15) is 4.79 Å². The number of aromatic nitrogens is 2. The van der Waals surface area contributed by atoms with E-state index in [2.05, 4.69) is 10.3 Å². The summed E-state index contributed by atoms with van der Waals surface area (Å²) in [4.78, 5) is 23.0. The van der Waals surface area contributed by atoms with Gasteiger partial charge in [-0.3, -0.25) is 4.79 Å². The first-order valence-corrected chi connectivity index (χ1v) is 12.0. The monoisotopic (exact) mass is 475 g/mol. The van der Waals surface area contributed by atoms with E-state index in [1.165, 1.54) is 4.90 Å². The van der Waals surface area contributed by atoms with Crippen LogP contribution in [0.3, 0.4) is 0 Å². The fourth-order valence-corrected chi connectivity index (χ4v) is 4.77. The molecule has 0 atom stereocenters. The fourth-order valence-electron chi connectivity index (χ4n) is 4.77. The number of morpholine rings is 1. The predicted molar refractivity (Wildman–Crippen MR) is 135 cm³/mol. The Bertz CT molecular complexity index is 1340.